The summed E-state index contributed by atoms with van der Waals surface area (Å²) in [4.78, 5) is 5.58. The zero-order valence-electron chi connectivity index (χ0n) is 12.8. The van der Waals surface area contributed by atoms with Gasteiger partial charge in [0.15, 0.2) is 0 Å². The molecule has 1 N–H and O–H groups in total. The van der Waals surface area contributed by atoms with Gasteiger partial charge in [-0.25, -0.2) is 0 Å². The maximum absolute atomic E-state index is 3.56. The first-order valence-electron chi connectivity index (χ1n) is 7.47. The van der Waals surface area contributed by atoms with E-state index in [2.05, 4.69) is 50.0 Å². The Hall–Kier alpha value is -0.380. The van der Waals surface area contributed by atoms with E-state index in [1.807, 2.05) is 11.3 Å². The Morgan fingerprint density at radius 1 is 1.32 bits per heavy atom. The summed E-state index contributed by atoms with van der Waals surface area (Å²) in [5, 5.41) is 3.56. The monoisotopic (exact) mass is 280 g/mol. The summed E-state index contributed by atoms with van der Waals surface area (Å²) in [6.07, 6.45) is 2.77. The van der Waals surface area contributed by atoms with Crippen molar-refractivity contribution in [1.29, 1.82) is 0 Å². The summed E-state index contributed by atoms with van der Waals surface area (Å²) in [6, 6.07) is 4.59. The van der Waals surface area contributed by atoms with Gasteiger partial charge >= 0.3 is 0 Å². The van der Waals surface area contributed by atoms with E-state index in [-0.39, 0.29) is 5.54 Å². The topological polar surface area (TPSA) is 15.3 Å². The fourth-order valence-corrected chi connectivity index (χ4v) is 3.61. The van der Waals surface area contributed by atoms with Crippen LogP contribution in [0.4, 0.5) is 0 Å². The molecule has 1 aromatic heterocycles. The second-order valence-electron chi connectivity index (χ2n) is 6.95. The summed E-state index contributed by atoms with van der Waals surface area (Å²) in [6.45, 7) is 13.7. The molecular formula is C16H28N2S. The number of nitrogens with zero attached hydrogens (tertiary/aromatic N) is 1. The number of likely N-dealkylation sites (tertiary alicyclic amines) is 1. The van der Waals surface area contributed by atoms with E-state index in [1.165, 1.54) is 35.7 Å². The molecule has 0 saturated carbocycles. The lowest BCUT2D eigenvalue weighted by Gasteiger charge is -2.30. The van der Waals surface area contributed by atoms with Gasteiger partial charge in [0.25, 0.3) is 0 Å². The van der Waals surface area contributed by atoms with Crippen molar-refractivity contribution in [1.82, 2.24) is 10.2 Å². The molecule has 1 aliphatic heterocycles. The molecule has 2 heterocycles. The van der Waals surface area contributed by atoms with E-state index in [0.717, 1.165) is 19.0 Å². The molecule has 1 aliphatic rings. The van der Waals surface area contributed by atoms with Gasteiger partial charge in [-0.3, -0.25) is 4.90 Å². The van der Waals surface area contributed by atoms with Crippen molar-refractivity contribution < 1.29 is 0 Å². The number of thiophene rings is 1. The fourth-order valence-electron chi connectivity index (χ4n) is 2.61. The third kappa shape index (κ3) is 5.25. The van der Waals surface area contributed by atoms with Crippen molar-refractivity contribution in [2.24, 2.45) is 5.92 Å². The minimum atomic E-state index is 0.201. The van der Waals surface area contributed by atoms with E-state index in [0.29, 0.717) is 0 Å². The fraction of sp³-hybridized carbons (Fsp3) is 0.750. The molecule has 0 bridgehead atoms. The van der Waals surface area contributed by atoms with Crippen molar-refractivity contribution in [2.45, 2.75) is 59.2 Å². The van der Waals surface area contributed by atoms with Gasteiger partial charge in [0.05, 0.1) is 0 Å². The quantitative estimate of drug-likeness (QED) is 0.900. The first-order valence-corrected chi connectivity index (χ1v) is 8.29. The van der Waals surface area contributed by atoms with E-state index in [1.54, 1.807) is 0 Å². The van der Waals surface area contributed by atoms with Crippen LogP contribution in [-0.4, -0.2) is 23.5 Å². The van der Waals surface area contributed by atoms with Gasteiger partial charge in [-0.15, -0.1) is 11.3 Å². The van der Waals surface area contributed by atoms with Gasteiger partial charge in [-0.1, -0.05) is 6.92 Å². The van der Waals surface area contributed by atoms with Crippen LogP contribution in [0.1, 0.15) is 50.3 Å². The highest BCUT2D eigenvalue weighted by Crippen LogP contribution is 2.22. The van der Waals surface area contributed by atoms with Gasteiger partial charge in [0.2, 0.25) is 0 Å². The molecule has 0 spiro atoms. The zero-order valence-corrected chi connectivity index (χ0v) is 13.6. The number of hydrogen-bond acceptors (Lipinski definition) is 3. The Labute approximate surface area is 122 Å². The average Bonchev–Trinajstić information content (AvgIpc) is 2.73. The standard InChI is InChI=1S/C16H28N2S/c1-13-6-5-9-18(11-13)12-15-8-7-14(19-15)10-17-16(2,3)4/h7-8,13,17H,5-6,9-12H2,1-4H3. The third-order valence-electron chi connectivity index (χ3n) is 3.63. The van der Waals surface area contributed by atoms with Crippen LogP contribution >= 0.6 is 11.3 Å². The van der Waals surface area contributed by atoms with Gasteiger partial charge in [0.1, 0.15) is 0 Å². The molecule has 108 valence electrons. The second-order valence-corrected chi connectivity index (χ2v) is 8.21. The first-order chi connectivity index (χ1) is 8.92. The molecule has 0 amide bonds. The van der Waals surface area contributed by atoms with Gasteiger partial charge in [-0.2, -0.15) is 0 Å². The predicted octanol–water partition coefficient (Wildman–Crippen LogP) is 3.87. The minimum Gasteiger partial charge on any atom is -0.307 e. The predicted molar refractivity (Wildman–Crippen MR) is 84.6 cm³/mol. The number of rotatable bonds is 4. The smallest absolute Gasteiger partial charge is 0.0328 e. The molecule has 1 atom stereocenters. The Bertz CT molecular complexity index is 392. The molecule has 1 saturated heterocycles. The highest BCUT2D eigenvalue weighted by Gasteiger charge is 2.17. The molecule has 2 nitrogen and oxygen atoms in total. The lowest BCUT2D eigenvalue weighted by Crippen LogP contribution is -2.34. The van der Waals surface area contributed by atoms with Gasteiger partial charge in [0, 0.05) is 34.9 Å². The molecule has 2 rings (SSSR count). The van der Waals surface area contributed by atoms with Crippen LogP contribution in [0.15, 0.2) is 12.1 Å². The second kappa shape index (κ2) is 6.38. The minimum absolute atomic E-state index is 0.201. The molecule has 1 unspecified atom stereocenters. The highest BCUT2D eigenvalue weighted by atomic mass is 32.1. The molecule has 1 aromatic rings. The summed E-state index contributed by atoms with van der Waals surface area (Å²) < 4.78 is 0. The van der Waals surface area contributed by atoms with Crippen LogP contribution in [-0.2, 0) is 13.1 Å². The number of nitrogens with one attached hydrogen (secondary N) is 1. The average molecular weight is 280 g/mol. The van der Waals surface area contributed by atoms with Crippen molar-refractivity contribution in [3.05, 3.63) is 21.9 Å². The summed E-state index contributed by atoms with van der Waals surface area (Å²) >= 11 is 1.96. The summed E-state index contributed by atoms with van der Waals surface area (Å²) in [5.41, 5.74) is 0.201. The van der Waals surface area contributed by atoms with E-state index in [4.69, 9.17) is 0 Å². The molecule has 0 aromatic carbocycles. The molecule has 19 heavy (non-hydrogen) atoms. The first kappa shape index (κ1) is 15.0. The largest absolute Gasteiger partial charge is 0.307 e. The number of piperidine rings is 1. The van der Waals surface area contributed by atoms with Crippen molar-refractivity contribution in [3.63, 3.8) is 0 Å². The summed E-state index contributed by atoms with van der Waals surface area (Å²) in [5.74, 6) is 0.871. The molecule has 1 fully saturated rings. The maximum atomic E-state index is 3.56. The maximum Gasteiger partial charge on any atom is 0.0328 e. The van der Waals surface area contributed by atoms with Crippen molar-refractivity contribution in [2.75, 3.05) is 13.1 Å². The Morgan fingerprint density at radius 3 is 2.74 bits per heavy atom. The Kier molecular flexibility index (Phi) is 5.04. The van der Waals surface area contributed by atoms with Crippen LogP contribution in [0.5, 0.6) is 0 Å². The Balaban J connectivity index is 1.83. The van der Waals surface area contributed by atoms with Crippen LogP contribution < -0.4 is 5.32 Å². The van der Waals surface area contributed by atoms with Gasteiger partial charge in [-0.05, 0) is 58.2 Å². The van der Waals surface area contributed by atoms with Crippen molar-refractivity contribution in [3.8, 4) is 0 Å². The Morgan fingerprint density at radius 2 is 2.05 bits per heavy atom. The van der Waals surface area contributed by atoms with Gasteiger partial charge < -0.3 is 5.32 Å². The van der Waals surface area contributed by atoms with E-state index >= 15 is 0 Å². The normalized spacial score (nSPS) is 21.8. The van der Waals surface area contributed by atoms with Crippen LogP contribution in [0.2, 0.25) is 0 Å². The highest BCUT2D eigenvalue weighted by molar-refractivity contribution is 7.11. The summed E-state index contributed by atoms with van der Waals surface area (Å²) in [7, 11) is 0. The van der Waals surface area contributed by atoms with Crippen LogP contribution in [0, 0.1) is 5.92 Å². The third-order valence-corrected chi connectivity index (χ3v) is 4.70. The zero-order chi connectivity index (χ0) is 13.9. The molecular weight excluding hydrogens is 252 g/mol. The molecule has 0 radical (unpaired) electrons. The van der Waals surface area contributed by atoms with Crippen molar-refractivity contribution >= 4 is 11.3 Å². The number of hydrogen-bond donors (Lipinski definition) is 1. The molecule has 3 heteroatoms. The van der Waals surface area contributed by atoms with E-state index in [9.17, 15) is 0 Å². The SMILES string of the molecule is CC1CCCN(Cc2ccc(CNC(C)(C)C)s2)C1. The van der Waals surface area contributed by atoms with Crippen LogP contribution in [0.25, 0.3) is 0 Å². The van der Waals surface area contributed by atoms with E-state index < -0.39 is 0 Å². The molecule has 0 aliphatic carbocycles. The van der Waals surface area contributed by atoms with Crippen LogP contribution in [0.3, 0.4) is 0 Å². The lowest BCUT2D eigenvalue weighted by molar-refractivity contribution is 0.178. The lowest BCUT2D eigenvalue weighted by atomic mass is 10.0.